The molecule has 0 unspecified atom stereocenters. The Morgan fingerprint density at radius 3 is 2.81 bits per heavy atom. The normalized spacial score (nSPS) is 12.6. The van der Waals surface area contributed by atoms with Crippen molar-refractivity contribution in [2.45, 2.75) is 6.42 Å². The van der Waals surface area contributed by atoms with Gasteiger partial charge in [0.1, 0.15) is 0 Å². The molecule has 130 valence electrons. The van der Waals surface area contributed by atoms with E-state index in [-0.39, 0.29) is 11.8 Å². The quantitative estimate of drug-likeness (QED) is 0.655. The lowest BCUT2D eigenvalue weighted by Crippen LogP contribution is -2.11. The fraction of sp³-hybridized carbons (Fsp3) is 0.0556. The minimum atomic E-state index is -0.312. The number of benzene rings is 2. The average molecular weight is 404 g/mol. The van der Waals surface area contributed by atoms with E-state index in [1.807, 2.05) is 23.6 Å². The minimum Gasteiger partial charge on any atom is -0.326 e. The van der Waals surface area contributed by atoms with Gasteiger partial charge in [-0.25, -0.2) is 4.98 Å². The number of carbonyl (C=O) groups excluding carboxylic acids is 2. The van der Waals surface area contributed by atoms with Crippen LogP contribution < -0.4 is 10.6 Å². The van der Waals surface area contributed by atoms with Gasteiger partial charge in [-0.15, -0.1) is 11.3 Å². The first-order valence-electron chi connectivity index (χ1n) is 7.65. The fourth-order valence-electron chi connectivity index (χ4n) is 2.66. The molecule has 0 fully saturated rings. The van der Waals surface area contributed by atoms with E-state index in [9.17, 15) is 9.59 Å². The molecule has 0 aliphatic carbocycles. The van der Waals surface area contributed by atoms with Crippen molar-refractivity contribution in [3.63, 3.8) is 0 Å². The molecule has 1 aromatic heterocycles. The van der Waals surface area contributed by atoms with Crippen molar-refractivity contribution < 1.29 is 9.59 Å². The van der Waals surface area contributed by atoms with Crippen molar-refractivity contribution in [3.05, 3.63) is 63.0 Å². The lowest BCUT2D eigenvalue weighted by Gasteiger charge is -2.03. The highest BCUT2D eigenvalue weighted by Crippen LogP contribution is 2.31. The molecule has 26 heavy (non-hydrogen) atoms. The Morgan fingerprint density at radius 2 is 2.00 bits per heavy atom. The molecule has 0 spiro atoms. The highest BCUT2D eigenvalue weighted by atomic mass is 35.5. The van der Waals surface area contributed by atoms with Crippen LogP contribution >= 0.6 is 34.5 Å². The van der Waals surface area contributed by atoms with Crippen LogP contribution in [0.15, 0.2) is 41.8 Å². The molecule has 0 saturated heterocycles. The molecule has 0 saturated carbocycles. The van der Waals surface area contributed by atoms with E-state index in [4.69, 9.17) is 23.2 Å². The summed E-state index contributed by atoms with van der Waals surface area (Å²) >= 11 is 13.1. The highest BCUT2D eigenvalue weighted by Gasteiger charge is 2.18. The maximum Gasteiger partial charge on any atom is 0.257 e. The number of carbonyl (C=O) groups is 2. The number of amides is 2. The van der Waals surface area contributed by atoms with Crippen LogP contribution in [0.3, 0.4) is 0 Å². The molecule has 4 rings (SSSR count). The van der Waals surface area contributed by atoms with Crippen molar-refractivity contribution in [1.29, 1.82) is 0 Å². The van der Waals surface area contributed by atoms with E-state index in [2.05, 4.69) is 15.6 Å². The Morgan fingerprint density at radius 1 is 1.15 bits per heavy atom. The number of anilines is 2. The van der Waals surface area contributed by atoms with E-state index in [1.54, 1.807) is 12.1 Å². The predicted molar refractivity (Wildman–Crippen MR) is 104 cm³/mol. The van der Waals surface area contributed by atoms with Gasteiger partial charge < -0.3 is 5.32 Å². The second-order valence-electron chi connectivity index (χ2n) is 5.72. The summed E-state index contributed by atoms with van der Waals surface area (Å²) in [7, 11) is 0. The lowest BCUT2D eigenvalue weighted by atomic mass is 10.1. The summed E-state index contributed by atoms with van der Waals surface area (Å²) in [6.45, 7) is 0. The number of hydrogen-bond acceptors (Lipinski definition) is 4. The number of hydrogen-bond donors (Lipinski definition) is 2. The summed E-state index contributed by atoms with van der Waals surface area (Å²) in [6, 6.07) is 10.4. The molecular weight excluding hydrogens is 393 g/mol. The Hall–Kier alpha value is -2.41. The largest absolute Gasteiger partial charge is 0.326 e. The van der Waals surface area contributed by atoms with Gasteiger partial charge in [-0.1, -0.05) is 29.3 Å². The van der Waals surface area contributed by atoms with E-state index < -0.39 is 0 Å². The molecular formula is C18H11Cl2N3O2S. The zero-order valence-electron chi connectivity index (χ0n) is 13.2. The van der Waals surface area contributed by atoms with Gasteiger partial charge in [0.25, 0.3) is 5.91 Å². The Balaban J connectivity index is 1.53. The molecule has 5 nitrogen and oxygen atoms in total. The SMILES string of the molecule is O=C1Cc2cc(-c3csc(NC(=O)c4ccc(Cl)c(Cl)c4)n3)ccc2N1. The Labute approximate surface area is 163 Å². The van der Waals surface area contributed by atoms with Crippen LogP contribution in [0.5, 0.6) is 0 Å². The van der Waals surface area contributed by atoms with E-state index >= 15 is 0 Å². The number of aromatic nitrogens is 1. The molecule has 8 heteroatoms. The lowest BCUT2D eigenvalue weighted by molar-refractivity contribution is -0.115. The third-order valence-corrected chi connectivity index (χ3v) is 5.43. The molecule has 2 aromatic carbocycles. The molecule has 2 amide bonds. The maximum absolute atomic E-state index is 12.3. The van der Waals surface area contributed by atoms with Crippen molar-refractivity contribution in [1.82, 2.24) is 4.98 Å². The fourth-order valence-corrected chi connectivity index (χ4v) is 3.67. The van der Waals surface area contributed by atoms with Crippen molar-refractivity contribution in [2.24, 2.45) is 0 Å². The van der Waals surface area contributed by atoms with Gasteiger partial charge in [-0.2, -0.15) is 0 Å². The van der Waals surface area contributed by atoms with Crippen LogP contribution in [0, 0.1) is 0 Å². The third kappa shape index (κ3) is 3.31. The highest BCUT2D eigenvalue weighted by molar-refractivity contribution is 7.14. The monoisotopic (exact) mass is 403 g/mol. The summed E-state index contributed by atoms with van der Waals surface area (Å²) < 4.78 is 0. The first-order chi connectivity index (χ1) is 12.5. The van der Waals surface area contributed by atoms with Gasteiger partial charge in [0, 0.05) is 22.2 Å². The Bertz CT molecular complexity index is 1050. The standard InChI is InChI=1S/C18H11Cl2N3O2S/c19-12-3-1-10(6-13(12)20)17(25)23-18-22-15(8-26-18)9-2-4-14-11(5-9)7-16(24)21-14/h1-6,8H,7H2,(H,21,24)(H,22,23,25). The van der Waals surface area contributed by atoms with Crippen molar-refractivity contribution in [2.75, 3.05) is 10.6 Å². The summed E-state index contributed by atoms with van der Waals surface area (Å²) in [5, 5.41) is 8.60. The predicted octanol–water partition coefficient (Wildman–Crippen LogP) is 4.86. The molecule has 2 heterocycles. The van der Waals surface area contributed by atoms with Crippen LogP contribution in [0.2, 0.25) is 10.0 Å². The van der Waals surface area contributed by atoms with Crippen LogP contribution in [-0.2, 0) is 11.2 Å². The zero-order chi connectivity index (χ0) is 18.3. The first-order valence-corrected chi connectivity index (χ1v) is 9.28. The summed E-state index contributed by atoms with van der Waals surface area (Å²) in [4.78, 5) is 28.2. The smallest absolute Gasteiger partial charge is 0.257 e. The molecule has 2 N–H and O–H groups in total. The number of rotatable bonds is 3. The van der Waals surface area contributed by atoms with Gasteiger partial charge in [-0.05, 0) is 35.9 Å². The zero-order valence-corrected chi connectivity index (χ0v) is 15.5. The number of fused-ring (bicyclic) bond motifs is 1. The number of nitrogens with one attached hydrogen (secondary N) is 2. The topological polar surface area (TPSA) is 71.1 Å². The van der Waals surface area contributed by atoms with Gasteiger partial charge in [0.05, 0.1) is 22.2 Å². The Kier molecular flexibility index (Phi) is 4.40. The summed E-state index contributed by atoms with van der Waals surface area (Å²) in [5.41, 5.74) is 3.82. The van der Waals surface area contributed by atoms with Crippen LogP contribution in [0.25, 0.3) is 11.3 Å². The molecule has 0 atom stereocenters. The van der Waals surface area contributed by atoms with E-state index in [1.165, 1.54) is 17.4 Å². The number of thiazole rings is 1. The van der Waals surface area contributed by atoms with Crippen LogP contribution in [0.1, 0.15) is 15.9 Å². The van der Waals surface area contributed by atoms with Gasteiger partial charge in [-0.3, -0.25) is 14.9 Å². The van der Waals surface area contributed by atoms with E-state index in [0.29, 0.717) is 27.2 Å². The van der Waals surface area contributed by atoms with E-state index in [0.717, 1.165) is 22.5 Å². The van der Waals surface area contributed by atoms with Crippen molar-refractivity contribution in [3.8, 4) is 11.3 Å². The second-order valence-corrected chi connectivity index (χ2v) is 7.39. The first kappa shape index (κ1) is 17.0. The third-order valence-electron chi connectivity index (χ3n) is 3.93. The molecule has 0 radical (unpaired) electrons. The summed E-state index contributed by atoms with van der Waals surface area (Å²) in [6.07, 6.45) is 0.369. The van der Waals surface area contributed by atoms with Gasteiger partial charge >= 0.3 is 0 Å². The second kappa shape index (κ2) is 6.72. The van der Waals surface area contributed by atoms with Crippen LogP contribution in [0.4, 0.5) is 10.8 Å². The number of nitrogens with zero attached hydrogens (tertiary/aromatic N) is 1. The average Bonchev–Trinajstić information content (AvgIpc) is 3.21. The summed E-state index contributed by atoms with van der Waals surface area (Å²) in [5.74, 6) is -0.321. The molecule has 1 aliphatic heterocycles. The molecule has 3 aromatic rings. The minimum absolute atomic E-state index is 0.00925. The molecule has 1 aliphatic rings. The van der Waals surface area contributed by atoms with Gasteiger partial charge in [0.2, 0.25) is 5.91 Å². The van der Waals surface area contributed by atoms with Gasteiger partial charge in [0.15, 0.2) is 5.13 Å². The molecule has 0 bridgehead atoms. The number of halogens is 2. The van der Waals surface area contributed by atoms with Crippen LogP contribution in [-0.4, -0.2) is 16.8 Å². The maximum atomic E-state index is 12.3. The van der Waals surface area contributed by atoms with Crippen molar-refractivity contribution >= 4 is 57.2 Å².